The van der Waals surface area contributed by atoms with Crippen molar-refractivity contribution in [1.29, 1.82) is 0 Å². The second-order valence-corrected chi connectivity index (χ2v) is 5.21. The van der Waals surface area contributed by atoms with E-state index in [1.54, 1.807) is 12.1 Å². The van der Waals surface area contributed by atoms with E-state index in [-0.39, 0.29) is 11.1 Å². The third kappa shape index (κ3) is 3.01. The number of carboxylic acid groups (broad SMARTS) is 1. The van der Waals surface area contributed by atoms with Crippen LogP contribution in [-0.2, 0) is 6.54 Å². The molecule has 0 radical (unpaired) electrons. The molecule has 3 N–H and O–H groups in total. The topological polar surface area (TPSA) is 66.6 Å². The summed E-state index contributed by atoms with van der Waals surface area (Å²) in [5.74, 6) is -0.967. The van der Waals surface area contributed by atoms with E-state index >= 15 is 0 Å². The van der Waals surface area contributed by atoms with Crippen molar-refractivity contribution in [1.82, 2.24) is 4.90 Å². The van der Waals surface area contributed by atoms with Crippen LogP contribution >= 0.6 is 0 Å². The number of anilines is 1. The Bertz CT molecular complexity index is 441. The first kappa shape index (κ1) is 14.5. The van der Waals surface area contributed by atoms with Crippen molar-refractivity contribution in [2.24, 2.45) is 0 Å². The summed E-state index contributed by atoms with van der Waals surface area (Å²) in [5, 5.41) is 9.22. The summed E-state index contributed by atoms with van der Waals surface area (Å²) in [6, 6.07) is 5.24. The van der Waals surface area contributed by atoms with Crippen LogP contribution in [0.25, 0.3) is 0 Å². The number of nitrogen functional groups attached to an aromatic ring is 1. The first-order valence-corrected chi connectivity index (χ1v) is 6.11. The summed E-state index contributed by atoms with van der Waals surface area (Å²) in [6.07, 6.45) is 0.994. The van der Waals surface area contributed by atoms with Gasteiger partial charge in [-0.15, -0.1) is 0 Å². The molecule has 0 bridgehead atoms. The molecule has 1 aromatic rings. The lowest BCUT2D eigenvalue weighted by molar-refractivity contribution is 0.0693. The van der Waals surface area contributed by atoms with E-state index in [0.29, 0.717) is 12.2 Å². The Labute approximate surface area is 108 Å². The van der Waals surface area contributed by atoms with Crippen LogP contribution in [0.15, 0.2) is 18.2 Å². The van der Waals surface area contributed by atoms with Gasteiger partial charge in [0.05, 0.1) is 5.56 Å². The average molecular weight is 250 g/mol. The van der Waals surface area contributed by atoms with Crippen LogP contribution < -0.4 is 5.73 Å². The predicted molar refractivity (Wildman–Crippen MR) is 73.7 cm³/mol. The molecule has 0 amide bonds. The van der Waals surface area contributed by atoms with Crippen LogP contribution in [-0.4, -0.2) is 28.6 Å². The molecule has 1 aromatic carbocycles. The summed E-state index contributed by atoms with van der Waals surface area (Å²) >= 11 is 0. The maximum absolute atomic E-state index is 11.2. The van der Waals surface area contributed by atoms with Crippen LogP contribution in [0.3, 0.4) is 0 Å². The van der Waals surface area contributed by atoms with Gasteiger partial charge in [-0.2, -0.15) is 0 Å². The van der Waals surface area contributed by atoms with Crippen LogP contribution in [0.4, 0.5) is 5.69 Å². The minimum Gasteiger partial charge on any atom is -0.478 e. The number of rotatable bonds is 5. The van der Waals surface area contributed by atoms with Gasteiger partial charge >= 0.3 is 5.97 Å². The van der Waals surface area contributed by atoms with Crippen LogP contribution in [0, 0.1) is 0 Å². The number of hydrogen-bond acceptors (Lipinski definition) is 3. The number of nitrogens with two attached hydrogens (primary N) is 1. The number of aromatic carboxylic acids is 1. The second kappa shape index (κ2) is 5.40. The van der Waals surface area contributed by atoms with E-state index in [4.69, 9.17) is 5.73 Å². The Morgan fingerprint density at radius 1 is 1.44 bits per heavy atom. The molecule has 0 aromatic heterocycles. The summed E-state index contributed by atoms with van der Waals surface area (Å²) in [7, 11) is 2.00. The lowest BCUT2D eigenvalue weighted by Crippen LogP contribution is -2.40. The van der Waals surface area contributed by atoms with Crippen molar-refractivity contribution in [3.63, 3.8) is 0 Å². The first-order valence-electron chi connectivity index (χ1n) is 6.11. The second-order valence-electron chi connectivity index (χ2n) is 5.21. The van der Waals surface area contributed by atoms with Gasteiger partial charge < -0.3 is 10.8 Å². The van der Waals surface area contributed by atoms with Crippen molar-refractivity contribution in [3.05, 3.63) is 29.3 Å². The van der Waals surface area contributed by atoms with Crippen molar-refractivity contribution >= 4 is 11.7 Å². The Hall–Kier alpha value is -1.55. The van der Waals surface area contributed by atoms with E-state index in [1.807, 2.05) is 13.1 Å². The number of hydrogen-bond donors (Lipinski definition) is 2. The van der Waals surface area contributed by atoms with Crippen molar-refractivity contribution in [3.8, 4) is 0 Å². The van der Waals surface area contributed by atoms with Gasteiger partial charge in [-0.25, -0.2) is 4.79 Å². The maximum Gasteiger partial charge on any atom is 0.338 e. The zero-order valence-electron chi connectivity index (χ0n) is 11.5. The SMILES string of the molecule is CCC(C)(C)N(C)Cc1cccc(N)c1C(=O)O. The largest absolute Gasteiger partial charge is 0.478 e. The highest BCUT2D eigenvalue weighted by atomic mass is 16.4. The predicted octanol–water partition coefficient (Wildman–Crippen LogP) is 2.59. The number of carboxylic acids is 1. The van der Waals surface area contributed by atoms with Crippen LogP contribution in [0.1, 0.15) is 43.1 Å². The van der Waals surface area contributed by atoms with E-state index in [1.165, 1.54) is 0 Å². The number of carbonyl (C=O) groups is 1. The molecular formula is C14H22N2O2. The van der Waals surface area contributed by atoms with Crippen molar-refractivity contribution in [2.75, 3.05) is 12.8 Å². The van der Waals surface area contributed by atoms with Crippen molar-refractivity contribution < 1.29 is 9.90 Å². The fourth-order valence-corrected chi connectivity index (χ4v) is 1.75. The lowest BCUT2D eigenvalue weighted by atomic mass is 9.97. The average Bonchev–Trinajstić information content (AvgIpc) is 2.28. The molecule has 100 valence electrons. The quantitative estimate of drug-likeness (QED) is 0.788. The molecule has 0 aliphatic rings. The molecule has 0 spiro atoms. The molecule has 18 heavy (non-hydrogen) atoms. The Balaban J connectivity index is 3.05. The third-order valence-corrected chi connectivity index (χ3v) is 3.70. The molecule has 0 heterocycles. The molecule has 4 nitrogen and oxygen atoms in total. The molecular weight excluding hydrogens is 228 g/mol. The summed E-state index contributed by atoms with van der Waals surface area (Å²) in [6.45, 7) is 6.97. The maximum atomic E-state index is 11.2. The lowest BCUT2D eigenvalue weighted by Gasteiger charge is -2.35. The standard InChI is InChI=1S/C14H22N2O2/c1-5-14(2,3)16(4)9-10-7-6-8-11(15)12(10)13(17)18/h6-8H,5,9,15H2,1-4H3,(H,17,18). The molecule has 0 unspecified atom stereocenters. The van der Waals surface area contributed by atoms with Gasteiger partial charge in [-0.05, 0) is 38.9 Å². The zero-order valence-corrected chi connectivity index (χ0v) is 11.5. The molecule has 0 aliphatic carbocycles. The van der Waals surface area contributed by atoms with Gasteiger partial charge in [0.25, 0.3) is 0 Å². The zero-order chi connectivity index (χ0) is 13.9. The normalized spacial score (nSPS) is 11.8. The smallest absolute Gasteiger partial charge is 0.338 e. The molecule has 0 fully saturated rings. The van der Waals surface area contributed by atoms with Gasteiger partial charge in [0.1, 0.15) is 0 Å². The molecule has 0 aliphatic heterocycles. The Morgan fingerprint density at radius 2 is 2.06 bits per heavy atom. The van der Waals surface area contributed by atoms with Gasteiger partial charge in [0.2, 0.25) is 0 Å². The van der Waals surface area contributed by atoms with E-state index < -0.39 is 5.97 Å². The summed E-state index contributed by atoms with van der Waals surface area (Å²) in [5.41, 5.74) is 7.07. The van der Waals surface area contributed by atoms with Gasteiger partial charge in [0, 0.05) is 17.8 Å². The molecule has 0 saturated heterocycles. The van der Waals surface area contributed by atoms with E-state index in [2.05, 4.69) is 25.7 Å². The molecule has 0 saturated carbocycles. The Kier molecular flexibility index (Phi) is 4.35. The fourth-order valence-electron chi connectivity index (χ4n) is 1.75. The highest BCUT2D eigenvalue weighted by Crippen LogP contribution is 2.23. The highest BCUT2D eigenvalue weighted by Gasteiger charge is 2.23. The summed E-state index contributed by atoms with van der Waals surface area (Å²) in [4.78, 5) is 13.4. The van der Waals surface area contributed by atoms with Crippen molar-refractivity contribution in [2.45, 2.75) is 39.3 Å². The van der Waals surface area contributed by atoms with E-state index in [0.717, 1.165) is 12.0 Å². The van der Waals surface area contributed by atoms with Crippen LogP contribution in [0.2, 0.25) is 0 Å². The van der Waals surface area contributed by atoms with E-state index in [9.17, 15) is 9.90 Å². The molecule has 1 rings (SSSR count). The van der Waals surface area contributed by atoms with Gasteiger partial charge in [-0.1, -0.05) is 19.1 Å². The number of benzene rings is 1. The van der Waals surface area contributed by atoms with Gasteiger partial charge in [0.15, 0.2) is 0 Å². The number of nitrogens with zero attached hydrogens (tertiary/aromatic N) is 1. The third-order valence-electron chi connectivity index (χ3n) is 3.70. The fraction of sp³-hybridized carbons (Fsp3) is 0.500. The first-order chi connectivity index (χ1) is 8.29. The summed E-state index contributed by atoms with van der Waals surface area (Å²) < 4.78 is 0. The minimum atomic E-state index is -0.967. The Morgan fingerprint density at radius 3 is 2.56 bits per heavy atom. The highest BCUT2D eigenvalue weighted by molar-refractivity contribution is 5.95. The monoisotopic (exact) mass is 250 g/mol. The molecule has 4 heteroatoms. The van der Waals surface area contributed by atoms with Crippen LogP contribution in [0.5, 0.6) is 0 Å². The minimum absolute atomic E-state index is 0.0282. The van der Waals surface area contributed by atoms with Gasteiger partial charge in [-0.3, -0.25) is 4.90 Å². The molecule has 0 atom stereocenters.